The van der Waals surface area contributed by atoms with Crippen LogP contribution in [0.3, 0.4) is 0 Å². The third-order valence-corrected chi connectivity index (χ3v) is 2.17. The van der Waals surface area contributed by atoms with Gasteiger partial charge >= 0.3 is 0 Å². The smallest absolute Gasteiger partial charge is 0.252 e. The minimum Gasteiger partial charge on any atom is -0.366 e. The molecule has 5 heteroatoms. The van der Waals surface area contributed by atoms with E-state index in [2.05, 4.69) is 15.3 Å². The molecule has 1 aromatic heterocycles. The van der Waals surface area contributed by atoms with E-state index in [9.17, 15) is 4.79 Å². The first-order valence-electron chi connectivity index (χ1n) is 4.70. The SMILES string of the molecule is CCC(N)C(C)Nc1cc(=O)[nH]cn1. The summed E-state index contributed by atoms with van der Waals surface area (Å²) in [4.78, 5) is 17.4. The molecule has 78 valence electrons. The van der Waals surface area contributed by atoms with Gasteiger partial charge in [-0.05, 0) is 13.3 Å². The molecular weight excluding hydrogens is 180 g/mol. The van der Waals surface area contributed by atoms with Crippen LogP contribution in [-0.4, -0.2) is 22.1 Å². The fourth-order valence-corrected chi connectivity index (χ4v) is 1.14. The van der Waals surface area contributed by atoms with Crippen molar-refractivity contribution in [2.45, 2.75) is 32.4 Å². The van der Waals surface area contributed by atoms with E-state index >= 15 is 0 Å². The molecule has 1 aromatic rings. The maximum atomic E-state index is 10.9. The van der Waals surface area contributed by atoms with Crippen LogP contribution in [0.15, 0.2) is 17.2 Å². The van der Waals surface area contributed by atoms with Crippen LogP contribution >= 0.6 is 0 Å². The van der Waals surface area contributed by atoms with Gasteiger partial charge in [-0.2, -0.15) is 0 Å². The Labute approximate surface area is 82.7 Å². The Hall–Kier alpha value is -1.36. The van der Waals surface area contributed by atoms with Crippen LogP contribution in [0.25, 0.3) is 0 Å². The van der Waals surface area contributed by atoms with E-state index in [1.165, 1.54) is 12.4 Å². The zero-order chi connectivity index (χ0) is 10.6. The number of nitrogens with one attached hydrogen (secondary N) is 2. The fourth-order valence-electron chi connectivity index (χ4n) is 1.14. The standard InChI is InChI=1S/C9H16N4O/c1-3-7(10)6(2)13-8-4-9(14)12-5-11-8/h4-7H,3,10H2,1-2H3,(H2,11,12,13,14). The summed E-state index contributed by atoms with van der Waals surface area (Å²) >= 11 is 0. The van der Waals surface area contributed by atoms with Gasteiger partial charge in [-0.1, -0.05) is 6.92 Å². The highest BCUT2D eigenvalue weighted by atomic mass is 16.1. The zero-order valence-corrected chi connectivity index (χ0v) is 8.45. The van der Waals surface area contributed by atoms with Crippen LogP contribution < -0.4 is 16.6 Å². The van der Waals surface area contributed by atoms with E-state index in [1.807, 2.05) is 13.8 Å². The van der Waals surface area contributed by atoms with Gasteiger partial charge in [0.25, 0.3) is 5.56 Å². The molecule has 0 aliphatic carbocycles. The topological polar surface area (TPSA) is 83.8 Å². The lowest BCUT2D eigenvalue weighted by molar-refractivity contribution is 0.571. The molecule has 0 fully saturated rings. The summed E-state index contributed by atoms with van der Waals surface area (Å²) in [5, 5.41) is 3.08. The minimum absolute atomic E-state index is 0.0658. The number of hydrogen-bond acceptors (Lipinski definition) is 4. The van der Waals surface area contributed by atoms with Gasteiger partial charge in [0.1, 0.15) is 5.82 Å². The van der Waals surface area contributed by atoms with Gasteiger partial charge in [-0.3, -0.25) is 4.79 Å². The highest BCUT2D eigenvalue weighted by molar-refractivity contribution is 5.33. The van der Waals surface area contributed by atoms with Gasteiger partial charge < -0.3 is 16.0 Å². The third-order valence-electron chi connectivity index (χ3n) is 2.17. The van der Waals surface area contributed by atoms with E-state index in [-0.39, 0.29) is 17.6 Å². The van der Waals surface area contributed by atoms with Crippen molar-refractivity contribution >= 4 is 5.82 Å². The van der Waals surface area contributed by atoms with Crippen molar-refractivity contribution in [2.24, 2.45) is 5.73 Å². The molecule has 1 rings (SSSR count). The fraction of sp³-hybridized carbons (Fsp3) is 0.556. The summed E-state index contributed by atoms with van der Waals surface area (Å²) in [5.74, 6) is 0.560. The van der Waals surface area contributed by atoms with Gasteiger partial charge in [0.05, 0.1) is 6.33 Å². The lowest BCUT2D eigenvalue weighted by Crippen LogP contribution is -2.37. The molecule has 0 amide bonds. The molecule has 14 heavy (non-hydrogen) atoms. The van der Waals surface area contributed by atoms with Crippen LogP contribution in [-0.2, 0) is 0 Å². The summed E-state index contributed by atoms with van der Waals surface area (Å²) in [7, 11) is 0. The molecular formula is C9H16N4O. The lowest BCUT2D eigenvalue weighted by atomic mass is 10.1. The highest BCUT2D eigenvalue weighted by Crippen LogP contribution is 2.03. The third kappa shape index (κ3) is 2.85. The van der Waals surface area contributed by atoms with Crippen LogP contribution in [0.1, 0.15) is 20.3 Å². The highest BCUT2D eigenvalue weighted by Gasteiger charge is 2.10. The molecule has 2 atom stereocenters. The molecule has 4 N–H and O–H groups in total. The predicted octanol–water partition coefficient (Wildman–Crippen LogP) is 0.308. The molecule has 0 bridgehead atoms. The Kier molecular flexibility index (Phi) is 3.64. The van der Waals surface area contributed by atoms with Crippen molar-refractivity contribution in [1.82, 2.24) is 9.97 Å². The normalized spacial score (nSPS) is 14.8. The Bertz CT molecular complexity index is 336. The molecule has 0 spiro atoms. The van der Waals surface area contributed by atoms with Crippen molar-refractivity contribution < 1.29 is 0 Å². The Morgan fingerprint density at radius 2 is 2.43 bits per heavy atom. The second kappa shape index (κ2) is 4.76. The van der Waals surface area contributed by atoms with E-state index in [0.29, 0.717) is 5.82 Å². The number of nitrogens with zero attached hydrogens (tertiary/aromatic N) is 1. The Balaban J connectivity index is 2.64. The van der Waals surface area contributed by atoms with Crippen molar-refractivity contribution in [3.05, 3.63) is 22.7 Å². The molecule has 0 radical (unpaired) electrons. The molecule has 0 saturated heterocycles. The minimum atomic E-state index is -0.167. The van der Waals surface area contributed by atoms with Crippen molar-refractivity contribution in [3.63, 3.8) is 0 Å². The second-order valence-corrected chi connectivity index (χ2v) is 3.30. The number of aromatic amines is 1. The van der Waals surface area contributed by atoms with Crippen LogP contribution in [0.5, 0.6) is 0 Å². The summed E-state index contributed by atoms with van der Waals surface area (Å²) in [6.45, 7) is 3.99. The van der Waals surface area contributed by atoms with Gasteiger partial charge in [0.15, 0.2) is 0 Å². The maximum absolute atomic E-state index is 10.9. The molecule has 2 unspecified atom stereocenters. The van der Waals surface area contributed by atoms with Crippen molar-refractivity contribution in [2.75, 3.05) is 5.32 Å². The molecule has 0 saturated carbocycles. The quantitative estimate of drug-likeness (QED) is 0.647. The Morgan fingerprint density at radius 1 is 1.71 bits per heavy atom. The number of hydrogen-bond donors (Lipinski definition) is 3. The average Bonchev–Trinajstić information content (AvgIpc) is 2.16. The number of H-pyrrole nitrogens is 1. The largest absolute Gasteiger partial charge is 0.366 e. The maximum Gasteiger partial charge on any atom is 0.252 e. The van der Waals surface area contributed by atoms with Crippen LogP contribution in [0.4, 0.5) is 5.82 Å². The zero-order valence-electron chi connectivity index (χ0n) is 8.45. The first-order valence-corrected chi connectivity index (χ1v) is 4.70. The van der Waals surface area contributed by atoms with Crippen LogP contribution in [0.2, 0.25) is 0 Å². The van der Waals surface area contributed by atoms with E-state index in [4.69, 9.17) is 5.73 Å². The lowest BCUT2D eigenvalue weighted by Gasteiger charge is -2.19. The summed E-state index contributed by atoms with van der Waals surface area (Å²) < 4.78 is 0. The average molecular weight is 196 g/mol. The first kappa shape index (κ1) is 10.7. The van der Waals surface area contributed by atoms with Gasteiger partial charge in [0.2, 0.25) is 0 Å². The first-order chi connectivity index (χ1) is 6.63. The monoisotopic (exact) mass is 196 g/mol. The summed E-state index contributed by atoms with van der Waals surface area (Å²) in [6, 6.07) is 1.59. The molecule has 1 heterocycles. The number of nitrogens with two attached hydrogens (primary N) is 1. The second-order valence-electron chi connectivity index (χ2n) is 3.30. The molecule has 0 aliphatic rings. The molecule has 0 aliphatic heterocycles. The number of rotatable bonds is 4. The van der Waals surface area contributed by atoms with Gasteiger partial charge in [-0.15, -0.1) is 0 Å². The Morgan fingerprint density at radius 3 is 3.00 bits per heavy atom. The molecule has 0 aromatic carbocycles. The number of anilines is 1. The summed E-state index contributed by atoms with van der Waals surface area (Å²) in [5.41, 5.74) is 5.66. The predicted molar refractivity (Wildman–Crippen MR) is 56.2 cm³/mol. The van der Waals surface area contributed by atoms with E-state index < -0.39 is 0 Å². The van der Waals surface area contributed by atoms with Gasteiger partial charge in [-0.25, -0.2) is 4.98 Å². The van der Waals surface area contributed by atoms with E-state index in [1.54, 1.807) is 0 Å². The van der Waals surface area contributed by atoms with E-state index in [0.717, 1.165) is 6.42 Å². The van der Waals surface area contributed by atoms with Gasteiger partial charge in [0, 0.05) is 18.2 Å². The van der Waals surface area contributed by atoms with Crippen LogP contribution in [0, 0.1) is 0 Å². The molecule has 5 nitrogen and oxygen atoms in total. The van der Waals surface area contributed by atoms with Crippen molar-refractivity contribution in [3.8, 4) is 0 Å². The van der Waals surface area contributed by atoms with Crippen molar-refractivity contribution in [1.29, 1.82) is 0 Å². The number of aromatic nitrogens is 2. The summed E-state index contributed by atoms with van der Waals surface area (Å²) in [6.07, 6.45) is 2.26.